The number of hydrogen-bond donors (Lipinski definition) is 0. The Morgan fingerprint density at radius 3 is 2.33 bits per heavy atom. The maximum atomic E-state index is 13.4. The zero-order chi connectivity index (χ0) is 22.8. The molecule has 1 aromatic heterocycles. The van der Waals surface area contributed by atoms with Gasteiger partial charge in [-0.25, -0.2) is 9.78 Å². The van der Waals surface area contributed by atoms with E-state index in [4.69, 9.17) is 4.98 Å². The van der Waals surface area contributed by atoms with E-state index in [2.05, 4.69) is 22.4 Å². The number of piperidine rings is 1. The van der Waals surface area contributed by atoms with Crippen molar-refractivity contribution in [2.75, 3.05) is 26.7 Å². The zero-order valence-electron chi connectivity index (χ0n) is 18.8. The summed E-state index contributed by atoms with van der Waals surface area (Å²) < 4.78 is 0. The number of nitrogens with zero attached hydrogens (tertiary/aromatic N) is 4. The maximum Gasteiger partial charge on any atom is 0.327 e. The van der Waals surface area contributed by atoms with E-state index >= 15 is 0 Å². The highest BCUT2D eigenvalue weighted by molar-refractivity contribution is 7.09. The molecule has 6 nitrogen and oxygen atoms in total. The number of aromatic nitrogens is 1. The Bertz CT molecular complexity index is 1120. The van der Waals surface area contributed by atoms with Gasteiger partial charge in [0, 0.05) is 37.6 Å². The normalized spacial score (nSPS) is 18.5. The highest BCUT2D eigenvalue weighted by Crippen LogP contribution is 2.36. The lowest BCUT2D eigenvalue weighted by atomic mass is 9.86. The molecule has 3 amide bonds. The first-order chi connectivity index (χ1) is 16.1. The van der Waals surface area contributed by atoms with Crippen molar-refractivity contribution in [1.29, 1.82) is 0 Å². The molecule has 3 aromatic rings. The van der Waals surface area contributed by atoms with Gasteiger partial charge in [0.1, 0.15) is 10.5 Å². The first-order valence-corrected chi connectivity index (χ1v) is 12.3. The van der Waals surface area contributed by atoms with E-state index in [0.29, 0.717) is 25.8 Å². The predicted octanol–water partition coefficient (Wildman–Crippen LogP) is 4.28. The van der Waals surface area contributed by atoms with E-state index in [0.717, 1.165) is 41.5 Å². The standard InChI is InChI=1S/C26H28N4O2S/c1-28-25(32)30(15-12-20-8-4-2-5-9-20)24(31)26(28)13-16-29(17-14-26)18-23-27-22(19-33-23)21-10-6-3-7-11-21/h2-11,19H,12-18H2,1H3. The lowest BCUT2D eigenvalue weighted by molar-refractivity contribution is -0.135. The largest absolute Gasteiger partial charge is 0.327 e. The van der Waals surface area contributed by atoms with Gasteiger partial charge in [0.05, 0.1) is 12.2 Å². The fraction of sp³-hybridized carbons (Fsp3) is 0.346. The van der Waals surface area contributed by atoms with E-state index in [1.807, 2.05) is 48.5 Å². The van der Waals surface area contributed by atoms with Crippen LogP contribution in [0.2, 0.25) is 0 Å². The van der Waals surface area contributed by atoms with Crippen molar-refractivity contribution >= 4 is 23.3 Å². The lowest BCUT2D eigenvalue weighted by Gasteiger charge is -2.40. The Morgan fingerprint density at radius 1 is 0.970 bits per heavy atom. The van der Waals surface area contributed by atoms with Crippen LogP contribution in [0.15, 0.2) is 66.0 Å². The second-order valence-corrected chi connectivity index (χ2v) is 9.78. The summed E-state index contributed by atoms with van der Waals surface area (Å²) >= 11 is 1.68. The van der Waals surface area contributed by atoms with Crippen LogP contribution in [-0.2, 0) is 17.8 Å². The molecule has 0 bridgehead atoms. The summed E-state index contributed by atoms with van der Waals surface area (Å²) in [6.45, 7) is 2.75. The molecule has 5 rings (SSSR count). The molecule has 0 saturated carbocycles. The number of urea groups is 1. The molecule has 0 unspecified atom stereocenters. The number of rotatable bonds is 6. The fourth-order valence-electron chi connectivity index (χ4n) is 4.88. The maximum absolute atomic E-state index is 13.4. The van der Waals surface area contributed by atoms with Gasteiger partial charge in [-0.3, -0.25) is 14.6 Å². The molecule has 2 fully saturated rings. The highest BCUT2D eigenvalue weighted by atomic mass is 32.1. The van der Waals surface area contributed by atoms with E-state index in [1.165, 1.54) is 4.90 Å². The monoisotopic (exact) mass is 460 g/mol. The van der Waals surface area contributed by atoms with Crippen LogP contribution in [0, 0.1) is 0 Å². The SMILES string of the molecule is CN1C(=O)N(CCc2ccccc2)C(=O)C12CCN(Cc1nc(-c3ccccc3)cs1)CC2. The lowest BCUT2D eigenvalue weighted by Crippen LogP contribution is -2.55. The third kappa shape index (κ3) is 4.18. The molecular weight excluding hydrogens is 432 g/mol. The number of carbonyl (C=O) groups excluding carboxylic acids is 2. The van der Waals surface area contributed by atoms with Crippen molar-refractivity contribution in [2.45, 2.75) is 31.3 Å². The minimum absolute atomic E-state index is 0.0359. The van der Waals surface area contributed by atoms with Crippen molar-refractivity contribution in [3.05, 3.63) is 76.6 Å². The van der Waals surface area contributed by atoms with Gasteiger partial charge in [-0.1, -0.05) is 60.7 Å². The molecule has 2 aliphatic rings. The molecule has 170 valence electrons. The van der Waals surface area contributed by atoms with Crippen molar-refractivity contribution in [3.63, 3.8) is 0 Å². The molecule has 1 spiro atoms. The first kappa shape index (κ1) is 21.8. The van der Waals surface area contributed by atoms with Gasteiger partial charge in [-0.05, 0) is 24.8 Å². The highest BCUT2D eigenvalue weighted by Gasteiger charge is 2.56. The van der Waals surface area contributed by atoms with Gasteiger partial charge in [0.2, 0.25) is 0 Å². The number of benzene rings is 2. The summed E-state index contributed by atoms with van der Waals surface area (Å²) in [5.41, 5.74) is 2.57. The average Bonchev–Trinajstić information content (AvgIpc) is 3.39. The Hall–Kier alpha value is -3.03. The number of likely N-dealkylation sites (tertiary alicyclic amines) is 1. The van der Waals surface area contributed by atoms with Crippen LogP contribution in [0.4, 0.5) is 4.79 Å². The Kier molecular flexibility index (Phi) is 6.00. The topological polar surface area (TPSA) is 56.8 Å². The Labute approximate surface area is 198 Å². The van der Waals surface area contributed by atoms with Crippen LogP contribution in [-0.4, -0.2) is 63.8 Å². The van der Waals surface area contributed by atoms with Crippen molar-refractivity contribution in [2.24, 2.45) is 0 Å². The molecule has 2 aromatic carbocycles. The quantitative estimate of drug-likeness (QED) is 0.515. The number of imide groups is 1. The summed E-state index contributed by atoms with van der Waals surface area (Å²) in [6.07, 6.45) is 2.00. The Morgan fingerprint density at radius 2 is 1.64 bits per heavy atom. The van der Waals surface area contributed by atoms with E-state index in [1.54, 1.807) is 23.3 Å². The van der Waals surface area contributed by atoms with Crippen LogP contribution in [0.5, 0.6) is 0 Å². The molecule has 2 saturated heterocycles. The van der Waals surface area contributed by atoms with E-state index in [-0.39, 0.29) is 11.9 Å². The summed E-state index contributed by atoms with van der Waals surface area (Å²) in [5.74, 6) is -0.0359. The van der Waals surface area contributed by atoms with E-state index < -0.39 is 5.54 Å². The smallest absolute Gasteiger partial charge is 0.312 e. The minimum Gasteiger partial charge on any atom is -0.312 e. The van der Waals surface area contributed by atoms with Crippen LogP contribution in [0.25, 0.3) is 11.3 Å². The van der Waals surface area contributed by atoms with Crippen molar-refractivity contribution in [1.82, 2.24) is 19.7 Å². The van der Waals surface area contributed by atoms with Crippen molar-refractivity contribution in [3.8, 4) is 11.3 Å². The summed E-state index contributed by atoms with van der Waals surface area (Å²) in [5, 5.41) is 3.18. The van der Waals surface area contributed by atoms with Gasteiger partial charge in [0.15, 0.2) is 0 Å². The molecule has 0 N–H and O–H groups in total. The van der Waals surface area contributed by atoms with Crippen LogP contribution in [0.1, 0.15) is 23.4 Å². The Balaban J connectivity index is 1.21. The molecule has 0 radical (unpaired) electrons. The minimum atomic E-state index is -0.706. The van der Waals surface area contributed by atoms with Crippen LogP contribution in [0.3, 0.4) is 0 Å². The third-order valence-electron chi connectivity index (χ3n) is 6.93. The average molecular weight is 461 g/mol. The summed E-state index contributed by atoms with van der Waals surface area (Å²) in [6, 6.07) is 20.0. The molecular formula is C26H28N4O2S. The zero-order valence-corrected chi connectivity index (χ0v) is 19.6. The van der Waals surface area contributed by atoms with Crippen LogP contribution >= 0.6 is 11.3 Å². The fourth-order valence-corrected chi connectivity index (χ4v) is 5.72. The number of likely N-dealkylation sites (N-methyl/N-ethyl adjacent to an activating group) is 1. The number of carbonyl (C=O) groups is 2. The molecule has 0 atom stereocenters. The predicted molar refractivity (Wildman–Crippen MR) is 130 cm³/mol. The first-order valence-electron chi connectivity index (χ1n) is 11.4. The number of thiazole rings is 1. The van der Waals surface area contributed by atoms with E-state index in [9.17, 15) is 9.59 Å². The summed E-state index contributed by atoms with van der Waals surface area (Å²) in [7, 11) is 1.78. The van der Waals surface area contributed by atoms with Gasteiger partial charge < -0.3 is 4.90 Å². The molecule has 33 heavy (non-hydrogen) atoms. The van der Waals surface area contributed by atoms with Crippen LogP contribution < -0.4 is 0 Å². The number of amides is 3. The van der Waals surface area contributed by atoms with Crippen molar-refractivity contribution < 1.29 is 9.59 Å². The summed E-state index contributed by atoms with van der Waals surface area (Å²) in [4.78, 5) is 36.6. The third-order valence-corrected chi connectivity index (χ3v) is 7.77. The molecule has 0 aliphatic carbocycles. The number of hydrogen-bond acceptors (Lipinski definition) is 5. The van der Waals surface area contributed by atoms with Gasteiger partial charge in [-0.15, -0.1) is 11.3 Å². The van der Waals surface area contributed by atoms with Gasteiger partial charge in [-0.2, -0.15) is 0 Å². The van der Waals surface area contributed by atoms with Gasteiger partial charge in [0.25, 0.3) is 5.91 Å². The van der Waals surface area contributed by atoms with Gasteiger partial charge >= 0.3 is 6.03 Å². The second-order valence-electron chi connectivity index (χ2n) is 8.83. The molecule has 2 aliphatic heterocycles. The molecule has 7 heteroatoms. The molecule has 3 heterocycles. The second kappa shape index (κ2) is 9.08.